The van der Waals surface area contributed by atoms with E-state index >= 15 is 0 Å². The zero-order valence-corrected chi connectivity index (χ0v) is 14.0. The van der Waals surface area contributed by atoms with Crippen molar-refractivity contribution in [1.29, 1.82) is 0 Å². The van der Waals surface area contributed by atoms with Crippen LogP contribution in [0.1, 0.15) is 72.6 Å². The summed E-state index contributed by atoms with van der Waals surface area (Å²) in [6, 6.07) is 0. The standard InChI is InChI=1S/C20H32/c1-6-19(4)13-10-16-15(14-19)8-9-17-18(2,3)11-7-12-20(16,17)5/h6,8,16-17H,1,7,9-14H2,2-5H3/t16-,17-,19-,20+/m0/s1. The van der Waals surface area contributed by atoms with Gasteiger partial charge in [0.25, 0.3) is 0 Å². The molecule has 20 heavy (non-hydrogen) atoms. The molecule has 0 N–H and O–H groups in total. The van der Waals surface area contributed by atoms with Crippen LogP contribution in [0.5, 0.6) is 0 Å². The zero-order valence-electron chi connectivity index (χ0n) is 14.0. The Bertz CT molecular complexity index is 441. The minimum absolute atomic E-state index is 0.357. The van der Waals surface area contributed by atoms with Crippen molar-refractivity contribution in [3.8, 4) is 0 Å². The SMILES string of the molecule is C=C[C@@]1(C)CC[C@H]2C(=CC[C@H]3C(C)(C)CCC[C@]23C)C1. The number of allylic oxidation sites excluding steroid dienone is 3. The average Bonchev–Trinajstić information content (AvgIpc) is 2.37. The van der Waals surface area contributed by atoms with Gasteiger partial charge in [0.2, 0.25) is 0 Å². The number of hydrogen-bond donors (Lipinski definition) is 0. The van der Waals surface area contributed by atoms with E-state index in [2.05, 4.69) is 46.4 Å². The molecule has 0 unspecified atom stereocenters. The fourth-order valence-electron chi connectivity index (χ4n) is 5.92. The molecule has 2 fully saturated rings. The van der Waals surface area contributed by atoms with E-state index in [1.807, 2.05) is 0 Å². The van der Waals surface area contributed by atoms with E-state index in [4.69, 9.17) is 0 Å². The molecule has 0 aromatic heterocycles. The molecule has 0 aliphatic heterocycles. The van der Waals surface area contributed by atoms with Gasteiger partial charge in [0.1, 0.15) is 0 Å². The van der Waals surface area contributed by atoms with Gasteiger partial charge in [-0.25, -0.2) is 0 Å². The van der Waals surface area contributed by atoms with Crippen LogP contribution < -0.4 is 0 Å². The molecule has 3 aliphatic rings. The molecule has 0 saturated heterocycles. The third kappa shape index (κ3) is 2.02. The van der Waals surface area contributed by atoms with E-state index in [1.54, 1.807) is 5.57 Å². The van der Waals surface area contributed by atoms with Crippen molar-refractivity contribution in [2.45, 2.75) is 72.6 Å². The van der Waals surface area contributed by atoms with E-state index in [1.165, 1.54) is 44.9 Å². The molecule has 3 rings (SSSR count). The largest absolute Gasteiger partial charge is 0.103 e. The Morgan fingerprint density at radius 3 is 2.60 bits per heavy atom. The van der Waals surface area contributed by atoms with Gasteiger partial charge < -0.3 is 0 Å². The lowest BCUT2D eigenvalue weighted by Crippen LogP contribution is -2.50. The lowest BCUT2D eigenvalue weighted by atomic mass is 9.46. The van der Waals surface area contributed by atoms with E-state index < -0.39 is 0 Å². The van der Waals surface area contributed by atoms with Gasteiger partial charge in [-0.1, -0.05) is 51.8 Å². The summed E-state index contributed by atoms with van der Waals surface area (Å²) in [4.78, 5) is 0. The molecule has 2 saturated carbocycles. The van der Waals surface area contributed by atoms with Gasteiger partial charge in [-0.15, -0.1) is 6.58 Å². The molecule has 0 bridgehead atoms. The first-order valence-electron chi connectivity index (χ1n) is 8.63. The summed E-state index contributed by atoms with van der Waals surface area (Å²) < 4.78 is 0. The smallest absolute Gasteiger partial charge is 0.0112 e. The molecule has 0 aromatic carbocycles. The van der Waals surface area contributed by atoms with Gasteiger partial charge in [0.05, 0.1) is 0 Å². The predicted octanol–water partition coefficient (Wildman–Crippen LogP) is 6.14. The Balaban J connectivity index is 1.94. The Hall–Kier alpha value is -0.520. The minimum Gasteiger partial charge on any atom is -0.103 e. The van der Waals surface area contributed by atoms with Crippen molar-refractivity contribution in [3.63, 3.8) is 0 Å². The van der Waals surface area contributed by atoms with Crippen molar-refractivity contribution in [1.82, 2.24) is 0 Å². The van der Waals surface area contributed by atoms with Crippen molar-refractivity contribution in [2.75, 3.05) is 0 Å². The lowest BCUT2D eigenvalue weighted by molar-refractivity contribution is -0.0489. The van der Waals surface area contributed by atoms with E-state index in [0.717, 1.165) is 11.8 Å². The molecule has 0 amide bonds. The maximum Gasteiger partial charge on any atom is -0.0112 e. The van der Waals surface area contributed by atoms with Crippen LogP contribution in [0.15, 0.2) is 24.3 Å². The van der Waals surface area contributed by atoms with Crippen LogP contribution in [-0.4, -0.2) is 0 Å². The lowest BCUT2D eigenvalue weighted by Gasteiger charge is -2.59. The van der Waals surface area contributed by atoms with Gasteiger partial charge in [-0.05, 0) is 66.6 Å². The molecular formula is C20H32. The molecule has 0 spiro atoms. The van der Waals surface area contributed by atoms with Gasteiger partial charge in [-0.2, -0.15) is 0 Å². The summed E-state index contributed by atoms with van der Waals surface area (Å²) in [5.74, 6) is 1.75. The van der Waals surface area contributed by atoms with Crippen molar-refractivity contribution in [3.05, 3.63) is 24.3 Å². The fourth-order valence-corrected chi connectivity index (χ4v) is 5.92. The Morgan fingerprint density at radius 1 is 1.15 bits per heavy atom. The molecule has 112 valence electrons. The van der Waals surface area contributed by atoms with Crippen LogP contribution in [-0.2, 0) is 0 Å². The monoisotopic (exact) mass is 272 g/mol. The second-order valence-electron chi connectivity index (χ2n) is 9.04. The van der Waals surface area contributed by atoms with Gasteiger partial charge >= 0.3 is 0 Å². The molecule has 4 atom stereocenters. The Morgan fingerprint density at radius 2 is 1.90 bits per heavy atom. The predicted molar refractivity (Wildman–Crippen MR) is 87.6 cm³/mol. The number of rotatable bonds is 1. The highest BCUT2D eigenvalue weighted by Crippen LogP contribution is 2.63. The second-order valence-corrected chi connectivity index (χ2v) is 9.04. The first-order chi connectivity index (χ1) is 9.31. The normalized spacial score (nSPS) is 46.9. The van der Waals surface area contributed by atoms with E-state index in [-0.39, 0.29) is 0 Å². The first kappa shape index (κ1) is 14.4. The molecule has 0 heteroatoms. The van der Waals surface area contributed by atoms with Crippen molar-refractivity contribution >= 4 is 0 Å². The number of fused-ring (bicyclic) bond motifs is 3. The summed E-state index contributed by atoms with van der Waals surface area (Å²) in [6.45, 7) is 14.1. The maximum atomic E-state index is 4.09. The summed E-state index contributed by atoms with van der Waals surface area (Å²) in [5, 5.41) is 0. The van der Waals surface area contributed by atoms with Crippen LogP contribution >= 0.6 is 0 Å². The van der Waals surface area contributed by atoms with E-state index in [0.29, 0.717) is 16.2 Å². The highest BCUT2D eigenvalue weighted by molar-refractivity contribution is 5.24. The Labute approximate surface area is 125 Å². The van der Waals surface area contributed by atoms with Crippen LogP contribution in [0.3, 0.4) is 0 Å². The third-order valence-corrected chi connectivity index (χ3v) is 7.24. The van der Waals surface area contributed by atoms with E-state index in [9.17, 15) is 0 Å². The molecule has 0 radical (unpaired) electrons. The third-order valence-electron chi connectivity index (χ3n) is 7.24. The fraction of sp³-hybridized carbons (Fsp3) is 0.800. The molecular weight excluding hydrogens is 240 g/mol. The van der Waals surface area contributed by atoms with Crippen LogP contribution in [0, 0.1) is 28.1 Å². The molecule has 0 nitrogen and oxygen atoms in total. The maximum absolute atomic E-state index is 4.09. The van der Waals surface area contributed by atoms with Crippen LogP contribution in [0.25, 0.3) is 0 Å². The topological polar surface area (TPSA) is 0 Å². The molecule has 0 aromatic rings. The molecule has 3 aliphatic carbocycles. The summed E-state index contributed by atoms with van der Waals surface area (Å²) in [6.07, 6.45) is 14.5. The van der Waals surface area contributed by atoms with Crippen LogP contribution in [0.4, 0.5) is 0 Å². The second kappa shape index (κ2) is 4.49. The molecule has 0 heterocycles. The van der Waals surface area contributed by atoms with Gasteiger partial charge in [0.15, 0.2) is 0 Å². The average molecular weight is 272 g/mol. The van der Waals surface area contributed by atoms with Crippen LogP contribution in [0.2, 0.25) is 0 Å². The zero-order chi connectivity index (χ0) is 14.6. The van der Waals surface area contributed by atoms with Gasteiger partial charge in [0, 0.05) is 0 Å². The number of hydrogen-bond acceptors (Lipinski definition) is 0. The van der Waals surface area contributed by atoms with Crippen molar-refractivity contribution < 1.29 is 0 Å². The summed E-state index contributed by atoms with van der Waals surface area (Å²) in [7, 11) is 0. The van der Waals surface area contributed by atoms with Gasteiger partial charge in [-0.3, -0.25) is 0 Å². The summed E-state index contributed by atoms with van der Waals surface area (Å²) in [5.41, 5.74) is 3.23. The minimum atomic E-state index is 0.357. The quantitative estimate of drug-likeness (QED) is 0.503. The summed E-state index contributed by atoms with van der Waals surface area (Å²) >= 11 is 0. The highest BCUT2D eigenvalue weighted by Gasteiger charge is 2.53. The Kier molecular flexibility index (Phi) is 3.23. The first-order valence-corrected chi connectivity index (χ1v) is 8.63. The van der Waals surface area contributed by atoms with Crippen molar-refractivity contribution in [2.24, 2.45) is 28.1 Å². The highest BCUT2D eigenvalue weighted by atomic mass is 14.6.